The first-order valence-electron chi connectivity index (χ1n) is 2.97. The Kier molecular flexibility index (Phi) is 2.34. The maximum absolute atomic E-state index is 11.9. The van der Waals surface area contributed by atoms with Crippen LogP contribution in [0.3, 0.4) is 0 Å². The molecule has 0 aliphatic rings. The predicted octanol–water partition coefficient (Wildman–Crippen LogP) is 2.50. The molecule has 0 aliphatic heterocycles. The molecule has 0 bridgehead atoms. The molecular formula is C6H5ClF3NO. The number of nitrogens with two attached hydrogens (primary N) is 1. The summed E-state index contributed by atoms with van der Waals surface area (Å²) in [7, 11) is 0. The number of furan rings is 1. The average molecular weight is 200 g/mol. The van der Waals surface area contributed by atoms with Crippen molar-refractivity contribution in [2.45, 2.75) is 12.2 Å². The number of hydrogen-bond donors (Lipinski definition) is 1. The molecule has 12 heavy (non-hydrogen) atoms. The summed E-state index contributed by atoms with van der Waals surface area (Å²) in [5.41, 5.74) is 4.67. The fraction of sp³-hybridized carbons (Fsp3) is 0.333. The van der Waals surface area contributed by atoms with E-state index in [1.54, 1.807) is 0 Å². The van der Waals surface area contributed by atoms with Gasteiger partial charge in [0.2, 0.25) is 0 Å². The van der Waals surface area contributed by atoms with E-state index in [1.807, 2.05) is 0 Å². The van der Waals surface area contributed by atoms with Crippen molar-refractivity contribution in [3.63, 3.8) is 0 Å². The van der Waals surface area contributed by atoms with Crippen molar-refractivity contribution < 1.29 is 17.6 Å². The summed E-state index contributed by atoms with van der Waals surface area (Å²) >= 11 is 5.26. The molecule has 0 fully saturated rings. The Morgan fingerprint density at radius 2 is 2.08 bits per heavy atom. The molecule has 0 aromatic carbocycles. The lowest BCUT2D eigenvalue weighted by Gasteiger charge is -2.12. The van der Waals surface area contributed by atoms with Crippen LogP contribution in [0.25, 0.3) is 0 Å². The maximum Gasteiger partial charge on any atom is 0.407 e. The van der Waals surface area contributed by atoms with Gasteiger partial charge in [-0.25, -0.2) is 0 Å². The second-order valence-electron chi connectivity index (χ2n) is 2.20. The van der Waals surface area contributed by atoms with Gasteiger partial charge in [0.25, 0.3) is 0 Å². The molecule has 0 saturated heterocycles. The third kappa shape index (κ3) is 1.92. The van der Waals surface area contributed by atoms with Crippen molar-refractivity contribution >= 4 is 11.6 Å². The molecule has 6 heteroatoms. The molecule has 0 saturated carbocycles. The van der Waals surface area contributed by atoms with Gasteiger partial charge in [-0.15, -0.1) is 0 Å². The lowest BCUT2D eigenvalue weighted by atomic mass is 10.1. The van der Waals surface area contributed by atoms with Crippen LogP contribution in [0.1, 0.15) is 11.6 Å². The third-order valence-corrected chi connectivity index (χ3v) is 1.50. The van der Waals surface area contributed by atoms with E-state index in [0.29, 0.717) is 0 Å². The van der Waals surface area contributed by atoms with E-state index >= 15 is 0 Å². The standard InChI is InChI=1S/C6H5ClF3NO/c7-4-1-3(2-12-4)5(11)6(8,9)10/h1-2,5H,11H2/t5-/m1/s1. The van der Waals surface area contributed by atoms with E-state index in [2.05, 4.69) is 4.42 Å². The lowest BCUT2D eigenvalue weighted by Crippen LogP contribution is -2.27. The molecule has 0 spiro atoms. The molecular weight excluding hydrogens is 195 g/mol. The van der Waals surface area contributed by atoms with Crippen molar-refractivity contribution in [3.05, 3.63) is 23.1 Å². The molecule has 0 unspecified atom stereocenters. The van der Waals surface area contributed by atoms with Crippen LogP contribution in [0, 0.1) is 0 Å². The van der Waals surface area contributed by atoms with Crippen LogP contribution in [0.15, 0.2) is 16.7 Å². The van der Waals surface area contributed by atoms with Gasteiger partial charge < -0.3 is 10.2 Å². The number of alkyl halides is 3. The highest BCUT2D eigenvalue weighted by Crippen LogP contribution is 2.31. The third-order valence-electron chi connectivity index (χ3n) is 1.30. The van der Waals surface area contributed by atoms with Crippen LogP contribution < -0.4 is 5.73 Å². The zero-order chi connectivity index (χ0) is 9.35. The Hall–Kier alpha value is -0.680. The maximum atomic E-state index is 11.9. The minimum Gasteiger partial charge on any atom is -0.453 e. The molecule has 0 aliphatic carbocycles. The van der Waals surface area contributed by atoms with Gasteiger partial charge in [-0.2, -0.15) is 13.2 Å². The second kappa shape index (κ2) is 2.99. The first kappa shape index (κ1) is 9.41. The summed E-state index contributed by atoms with van der Waals surface area (Å²) in [5.74, 6) is 0. The summed E-state index contributed by atoms with van der Waals surface area (Å²) in [4.78, 5) is 0. The predicted molar refractivity (Wildman–Crippen MR) is 36.7 cm³/mol. The highest BCUT2D eigenvalue weighted by atomic mass is 35.5. The van der Waals surface area contributed by atoms with Gasteiger partial charge in [0, 0.05) is 11.6 Å². The van der Waals surface area contributed by atoms with E-state index in [0.717, 1.165) is 12.3 Å². The quantitative estimate of drug-likeness (QED) is 0.755. The summed E-state index contributed by atoms with van der Waals surface area (Å²) < 4.78 is 40.3. The number of halogens is 4. The minimum absolute atomic E-state index is 0.107. The van der Waals surface area contributed by atoms with Gasteiger partial charge >= 0.3 is 6.18 Å². The summed E-state index contributed by atoms with van der Waals surface area (Å²) in [6, 6.07) is -0.992. The molecule has 0 amide bonds. The molecule has 1 rings (SSSR count). The summed E-state index contributed by atoms with van der Waals surface area (Å²) in [6.45, 7) is 0. The van der Waals surface area contributed by atoms with E-state index in [-0.39, 0.29) is 10.8 Å². The average Bonchev–Trinajstić information content (AvgIpc) is 2.32. The van der Waals surface area contributed by atoms with Gasteiger partial charge in [-0.05, 0) is 11.6 Å². The molecule has 1 atom stereocenters. The highest BCUT2D eigenvalue weighted by molar-refractivity contribution is 6.28. The summed E-state index contributed by atoms with van der Waals surface area (Å²) in [5, 5.41) is -0.107. The Morgan fingerprint density at radius 3 is 2.42 bits per heavy atom. The zero-order valence-corrected chi connectivity index (χ0v) is 6.49. The van der Waals surface area contributed by atoms with Gasteiger partial charge in [-0.1, -0.05) is 0 Å². The normalized spacial score (nSPS) is 14.8. The van der Waals surface area contributed by atoms with Crippen molar-refractivity contribution in [2.24, 2.45) is 5.73 Å². The van der Waals surface area contributed by atoms with Crippen molar-refractivity contribution in [1.82, 2.24) is 0 Å². The smallest absolute Gasteiger partial charge is 0.407 e. The Labute approximate surface area is 71.1 Å². The van der Waals surface area contributed by atoms with Crippen LogP contribution in [-0.2, 0) is 0 Å². The zero-order valence-electron chi connectivity index (χ0n) is 5.73. The first-order chi connectivity index (χ1) is 5.41. The van der Waals surface area contributed by atoms with Crippen LogP contribution in [0.4, 0.5) is 13.2 Å². The molecule has 2 nitrogen and oxygen atoms in total. The Morgan fingerprint density at radius 1 is 1.50 bits per heavy atom. The molecule has 1 aromatic heterocycles. The van der Waals surface area contributed by atoms with E-state index < -0.39 is 12.2 Å². The largest absolute Gasteiger partial charge is 0.453 e. The van der Waals surface area contributed by atoms with Crippen LogP contribution in [0.2, 0.25) is 5.22 Å². The van der Waals surface area contributed by atoms with Gasteiger partial charge in [0.15, 0.2) is 5.22 Å². The van der Waals surface area contributed by atoms with E-state index in [4.69, 9.17) is 17.3 Å². The van der Waals surface area contributed by atoms with Gasteiger partial charge in [0.1, 0.15) is 6.04 Å². The Balaban J connectivity index is 2.85. The fourth-order valence-electron chi connectivity index (χ4n) is 0.675. The van der Waals surface area contributed by atoms with Gasteiger partial charge in [-0.3, -0.25) is 0 Å². The molecule has 1 heterocycles. The van der Waals surface area contributed by atoms with E-state index in [9.17, 15) is 13.2 Å². The van der Waals surface area contributed by atoms with Crippen LogP contribution >= 0.6 is 11.6 Å². The number of rotatable bonds is 1. The topological polar surface area (TPSA) is 39.2 Å². The fourth-order valence-corrected chi connectivity index (χ4v) is 0.846. The lowest BCUT2D eigenvalue weighted by molar-refractivity contribution is -0.149. The molecule has 0 radical (unpaired) electrons. The molecule has 2 N–H and O–H groups in total. The highest BCUT2D eigenvalue weighted by Gasteiger charge is 2.38. The monoisotopic (exact) mass is 199 g/mol. The molecule has 1 aromatic rings. The van der Waals surface area contributed by atoms with Crippen LogP contribution in [-0.4, -0.2) is 6.18 Å². The minimum atomic E-state index is -4.47. The van der Waals surface area contributed by atoms with Crippen LogP contribution in [0.5, 0.6) is 0 Å². The Bertz CT molecular complexity index is 270. The van der Waals surface area contributed by atoms with Gasteiger partial charge in [0.05, 0.1) is 6.26 Å². The van der Waals surface area contributed by atoms with Crippen molar-refractivity contribution in [3.8, 4) is 0 Å². The summed E-state index contributed by atoms with van der Waals surface area (Å²) in [6.07, 6.45) is -3.58. The van der Waals surface area contributed by atoms with Crippen molar-refractivity contribution in [2.75, 3.05) is 0 Å². The van der Waals surface area contributed by atoms with E-state index in [1.165, 1.54) is 0 Å². The first-order valence-corrected chi connectivity index (χ1v) is 3.35. The number of hydrogen-bond acceptors (Lipinski definition) is 2. The van der Waals surface area contributed by atoms with Crippen molar-refractivity contribution in [1.29, 1.82) is 0 Å². The molecule has 68 valence electrons. The SMILES string of the molecule is N[C@H](c1coc(Cl)c1)C(F)(F)F. The second-order valence-corrected chi connectivity index (χ2v) is 2.58.